The van der Waals surface area contributed by atoms with Crippen molar-refractivity contribution >= 4 is 27.7 Å². The van der Waals surface area contributed by atoms with Crippen LogP contribution in [0.25, 0.3) is 0 Å². The van der Waals surface area contributed by atoms with Crippen LogP contribution in [0.15, 0.2) is 22.7 Å². The fourth-order valence-corrected chi connectivity index (χ4v) is 2.15. The molecule has 1 aromatic carbocycles. The van der Waals surface area contributed by atoms with E-state index in [1.807, 2.05) is 0 Å². The van der Waals surface area contributed by atoms with Gasteiger partial charge in [0.15, 0.2) is 0 Å². The van der Waals surface area contributed by atoms with Crippen LogP contribution in [0.5, 0.6) is 5.75 Å². The lowest BCUT2D eigenvalue weighted by atomic mass is 9.86. The third-order valence-corrected chi connectivity index (χ3v) is 3.57. The highest BCUT2D eigenvalue weighted by Crippen LogP contribution is 2.29. The Morgan fingerprint density at radius 2 is 2.11 bits per heavy atom. The Balaban J connectivity index is 2.16. The second kappa shape index (κ2) is 5.52. The van der Waals surface area contributed by atoms with Gasteiger partial charge in [0, 0.05) is 4.47 Å². The zero-order chi connectivity index (χ0) is 13.1. The standard InChI is InChI=1S/C13H13BrO4/c14-9-4-5-11(18-7-8-2-1-3-8)10(6-9)12(15)13(16)17/h4-6,8H,1-3,7H2,(H,16,17). The van der Waals surface area contributed by atoms with Crippen LogP contribution in [0.2, 0.25) is 0 Å². The number of carboxylic acids is 1. The molecule has 1 saturated carbocycles. The van der Waals surface area contributed by atoms with Crippen molar-refractivity contribution in [3.05, 3.63) is 28.2 Å². The summed E-state index contributed by atoms with van der Waals surface area (Å²) in [5.74, 6) is -1.54. The summed E-state index contributed by atoms with van der Waals surface area (Å²) in [5, 5.41) is 8.77. The minimum Gasteiger partial charge on any atom is -0.493 e. The summed E-state index contributed by atoms with van der Waals surface area (Å²) in [6.07, 6.45) is 3.49. The minimum atomic E-state index is -1.47. The molecular formula is C13H13BrO4. The molecule has 1 aliphatic carbocycles. The van der Waals surface area contributed by atoms with Gasteiger partial charge in [0.1, 0.15) is 5.75 Å². The Labute approximate surface area is 113 Å². The van der Waals surface area contributed by atoms with E-state index in [1.54, 1.807) is 12.1 Å². The van der Waals surface area contributed by atoms with Crippen LogP contribution in [0.1, 0.15) is 29.6 Å². The topological polar surface area (TPSA) is 63.6 Å². The Kier molecular flexibility index (Phi) is 4.01. The molecule has 0 bridgehead atoms. The quantitative estimate of drug-likeness (QED) is 0.670. The first-order chi connectivity index (χ1) is 8.58. The number of rotatable bonds is 5. The molecule has 1 N–H and O–H groups in total. The highest BCUT2D eigenvalue weighted by Gasteiger charge is 2.22. The highest BCUT2D eigenvalue weighted by molar-refractivity contribution is 9.10. The van der Waals surface area contributed by atoms with E-state index >= 15 is 0 Å². The molecule has 0 spiro atoms. The normalized spacial score (nSPS) is 14.9. The van der Waals surface area contributed by atoms with Crippen LogP contribution in [0, 0.1) is 5.92 Å². The van der Waals surface area contributed by atoms with Crippen LogP contribution in [-0.4, -0.2) is 23.5 Å². The molecule has 18 heavy (non-hydrogen) atoms. The van der Waals surface area contributed by atoms with E-state index in [0.29, 0.717) is 22.7 Å². The van der Waals surface area contributed by atoms with Crippen LogP contribution in [0.3, 0.4) is 0 Å². The van der Waals surface area contributed by atoms with Gasteiger partial charge in [-0.25, -0.2) is 4.79 Å². The first kappa shape index (κ1) is 13.1. The van der Waals surface area contributed by atoms with Crippen molar-refractivity contribution in [1.82, 2.24) is 0 Å². The second-order valence-electron chi connectivity index (χ2n) is 4.38. The molecule has 1 aromatic rings. The molecule has 1 aliphatic rings. The zero-order valence-electron chi connectivity index (χ0n) is 9.69. The number of aliphatic carboxylic acids is 1. The van der Waals surface area contributed by atoms with Gasteiger partial charge >= 0.3 is 5.97 Å². The summed E-state index contributed by atoms with van der Waals surface area (Å²) >= 11 is 3.22. The number of carboxylic acid groups (broad SMARTS) is 1. The number of halogens is 1. The average molecular weight is 313 g/mol. The molecule has 2 rings (SSSR count). The van der Waals surface area contributed by atoms with E-state index in [9.17, 15) is 9.59 Å². The fourth-order valence-electron chi connectivity index (χ4n) is 1.79. The van der Waals surface area contributed by atoms with Gasteiger partial charge in [0.25, 0.3) is 5.78 Å². The van der Waals surface area contributed by atoms with Crippen LogP contribution < -0.4 is 4.74 Å². The molecule has 0 atom stereocenters. The number of hydrogen-bond donors (Lipinski definition) is 1. The molecule has 0 unspecified atom stereocenters. The Hall–Kier alpha value is -1.36. The van der Waals surface area contributed by atoms with Gasteiger partial charge < -0.3 is 9.84 Å². The number of ether oxygens (including phenoxy) is 1. The van der Waals surface area contributed by atoms with E-state index in [-0.39, 0.29) is 5.56 Å². The molecule has 4 nitrogen and oxygen atoms in total. The summed E-state index contributed by atoms with van der Waals surface area (Å²) in [6.45, 7) is 0.543. The molecule has 0 aromatic heterocycles. The van der Waals surface area contributed by atoms with E-state index < -0.39 is 11.8 Å². The SMILES string of the molecule is O=C(O)C(=O)c1cc(Br)ccc1OCC1CCC1. The lowest BCUT2D eigenvalue weighted by Gasteiger charge is -2.25. The predicted molar refractivity (Wildman–Crippen MR) is 68.9 cm³/mol. The number of Topliss-reactive ketones (excluding diaryl/α,β-unsaturated/α-hetero) is 1. The van der Waals surface area contributed by atoms with Crippen LogP contribution in [-0.2, 0) is 4.79 Å². The lowest BCUT2D eigenvalue weighted by molar-refractivity contribution is -0.131. The van der Waals surface area contributed by atoms with Gasteiger partial charge in [0.2, 0.25) is 0 Å². The lowest BCUT2D eigenvalue weighted by Crippen LogP contribution is -2.21. The molecule has 5 heteroatoms. The maximum absolute atomic E-state index is 11.5. The number of carbonyl (C=O) groups is 2. The third kappa shape index (κ3) is 2.90. The van der Waals surface area contributed by atoms with Crippen molar-refractivity contribution in [2.75, 3.05) is 6.61 Å². The van der Waals surface area contributed by atoms with Gasteiger partial charge in [-0.1, -0.05) is 22.4 Å². The molecular weight excluding hydrogens is 300 g/mol. The highest BCUT2D eigenvalue weighted by atomic mass is 79.9. The third-order valence-electron chi connectivity index (χ3n) is 3.08. The minimum absolute atomic E-state index is 0.0937. The maximum Gasteiger partial charge on any atom is 0.377 e. The smallest absolute Gasteiger partial charge is 0.377 e. The summed E-state index contributed by atoms with van der Waals surface area (Å²) in [7, 11) is 0. The molecule has 0 amide bonds. The van der Waals surface area contributed by atoms with E-state index in [0.717, 1.165) is 12.8 Å². The number of ketones is 1. The van der Waals surface area contributed by atoms with Crippen LogP contribution in [0.4, 0.5) is 0 Å². The predicted octanol–water partition coefficient (Wildman–Crippen LogP) is 2.90. The molecule has 0 heterocycles. The maximum atomic E-state index is 11.5. The summed E-state index contributed by atoms with van der Waals surface area (Å²) in [6, 6.07) is 4.83. The van der Waals surface area contributed by atoms with Crippen molar-refractivity contribution in [2.45, 2.75) is 19.3 Å². The van der Waals surface area contributed by atoms with Crippen molar-refractivity contribution in [2.24, 2.45) is 5.92 Å². The summed E-state index contributed by atoms with van der Waals surface area (Å²) in [5.41, 5.74) is 0.0937. The average Bonchev–Trinajstić information content (AvgIpc) is 2.27. The first-order valence-electron chi connectivity index (χ1n) is 5.78. The fraction of sp³-hybridized carbons (Fsp3) is 0.385. The number of carbonyl (C=O) groups excluding carboxylic acids is 1. The first-order valence-corrected chi connectivity index (χ1v) is 6.57. The molecule has 96 valence electrons. The summed E-state index contributed by atoms with van der Waals surface area (Å²) in [4.78, 5) is 22.3. The second-order valence-corrected chi connectivity index (χ2v) is 5.30. The van der Waals surface area contributed by atoms with E-state index in [1.165, 1.54) is 12.5 Å². The molecule has 0 radical (unpaired) electrons. The van der Waals surface area contributed by atoms with Crippen molar-refractivity contribution in [3.8, 4) is 5.75 Å². The monoisotopic (exact) mass is 312 g/mol. The van der Waals surface area contributed by atoms with Gasteiger partial charge in [-0.05, 0) is 37.0 Å². The van der Waals surface area contributed by atoms with Crippen molar-refractivity contribution in [3.63, 3.8) is 0 Å². The van der Waals surface area contributed by atoms with Crippen LogP contribution >= 0.6 is 15.9 Å². The molecule has 0 saturated heterocycles. The van der Waals surface area contributed by atoms with Gasteiger partial charge in [0.05, 0.1) is 12.2 Å². The van der Waals surface area contributed by atoms with Gasteiger partial charge in [-0.3, -0.25) is 4.79 Å². The van der Waals surface area contributed by atoms with Crippen molar-refractivity contribution in [1.29, 1.82) is 0 Å². The molecule has 1 fully saturated rings. The van der Waals surface area contributed by atoms with Gasteiger partial charge in [-0.15, -0.1) is 0 Å². The van der Waals surface area contributed by atoms with Gasteiger partial charge in [-0.2, -0.15) is 0 Å². The number of hydrogen-bond acceptors (Lipinski definition) is 3. The summed E-state index contributed by atoms with van der Waals surface area (Å²) < 4.78 is 6.22. The Bertz CT molecular complexity index is 480. The Morgan fingerprint density at radius 3 is 2.67 bits per heavy atom. The van der Waals surface area contributed by atoms with E-state index in [2.05, 4.69) is 15.9 Å². The van der Waals surface area contributed by atoms with Crippen molar-refractivity contribution < 1.29 is 19.4 Å². The number of benzene rings is 1. The molecule has 0 aliphatic heterocycles. The zero-order valence-corrected chi connectivity index (χ0v) is 11.3. The van der Waals surface area contributed by atoms with E-state index in [4.69, 9.17) is 9.84 Å². The Morgan fingerprint density at radius 1 is 1.39 bits per heavy atom. The largest absolute Gasteiger partial charge is 0.493 e.